The number of rotatable bonds is 1. The van der Waals surface area contributed by atoms with Crippen LogP contribution < -0.4 is 5.73 Å². The first-order valence-electron chi connectivity index (χ1n) is 4.99. The maximum absolute atomic E-state index is 5.54. The average molecular weight is 217 g/mol. The Hall–Kier alpha value is -1.42. The van der Waals surface area contributed by atoms with Crippen molar-refractivity contribution in [1.82, 2.24) is 9.36 Å². The number of hydrogen-bond donors (Lipinski definition) is 1. The predicted molar refractivity (Wildman–Crippen MR) is 60.9 cm³/mol. The second kappa shape index (κ2) is 3.31. The van der Waals surface area contributed by atoms with E-state index < -0.39 is 0 Å². The van der Waals surface area contributed by atoms with Gasteiger partial charge in [-0.2, -0.15) is 4.37 Å². The summed E-state index contributed by atoms with van der Waals surface area (Å²) in [6.07, 6.45) is 2.15. The minimum Gasteiger partial charge on any atom is -0.367 e. The molecule has 15 heavy (non-hydrogen) atoms. The van der Waals surface area contributed by atoms with Crippen LogP contribution in [0.2, 0.25) is 0 Å². The Kier molecular flexibility index (Phi) is 1.95. The van der Waals surface area contributed by atoms with E-state index in [0.29, 0.717) is 11.9 Å². The third kappa shape index (κ3) is 1.51. The van der Waals surface area contributed by atoms with Gasteiger partial charge in [0, 0.05) is 5.92 Å². The molecule has 1 aliphatic carbocycles. The number of aromatic nitrogens is 2. The van der Waals surface area contributed by atoms with Gasteiger partial charge in [-0.1, -0.05) is 24.3 Å². The molecule has 1 heterocycles. The van der Waals surface area contributed by atoms with E-state index in [1.165, 1.54) is 22.7 Å². The Bertz CT molecular complexity index is 467. The summed E-state index contributed by atoms with van der Waals surface area (Å²) in [5, 5.41) is 1.07. The lowest BCUT2D eigenvalue weighted by atomic mass is 10.1. The van der Waals surface area contributed by atoms with E-state index in [9.17, 15) is 0 Å². The molecule has 0 saturated heterocycles. The Morgan fingerprint density at radius 3 is 2.40 bits per heavy atom. The van der Waals surface area contributed by atoms with Crippen LogP contribution in [0, 0.1) is 0 Å². The molecule has 0 spiro atoms. The van der Waals surface area contributed by atoms with Crippen molar-refractivity contribution in [2.45, 2.75) is 18.8 Å². The lowest BCUT2D eigenvalue weighted by Crippen LogP contribution is -1.97. The van der Waals surface area contributed by atoms with Crippen LogP contribution in [0.25, 0.3) is 0 Å². The van der Waals surface area contributed by atoms with Gasteiger partial charge in [0.2, 0.25) is 5.95 Å². The summed E-state index contributed by atoms with van der Waals surface area (Å²) in [6, 6.07) is 8.57. The van der Waals surface area contributed by atoms with Crippen LogP contribution in [0.5, 0.6) is 0 Å². The maximum Gasteiger partial charge on any atom is 0.232 e. The molecular weight excluding hydrogens is 206 g/mol. The summed E-state index contributed by atoms with van der Waals surface area (Å²) in [6.45, 7) is 0. The van der Waals surface area contributed by atoms with Gasteiger partial charge in [-0.15, -0.1) is 0 Å². The molecule has 0 aliphatic heterocycles. The fraction of sp³-hybridized carbons (Fsp3) is 0.273. The number of nitrogens with two attached hydrogens (primary N) is 1. The van der Waals surface area contributed by atoms with Crippen molar-refractivity contribution < 1.29 is 0 Å². The molecule has 2 N–H and O–H groups in total. The first-order valence-corrected chi connectivity index (χ1v) is 5.76. The van der Waals surface area contributed by atoms with Gasteiger partial charge >= 0.3 is 0 Å². The van der Waals surface area contributed by atoms with E-state index in [1.54, 1.807) is 0 Å². The zero-order valence-corrected chi connectivity index (χ0v) is 9.00. The molecule has 1 aliphatic rings. The van der Waals surface area contributed by atoms with Crippen molar-refractivity contribution in [3.8, 4) is 0 Å². The number of fused-ring (bicyclic) bond motifs is 1. The zero-order chi connectivity index (χ0) is 10.3. The molecule has 3 rings (SSSR count). The summed E-state index contributed by atoms with van der Waals surface area (Å²) >= 11 is 1.43. The predicted octanol–water partition coefficient (Wildman–Crippen LogP) is 2.00. The van der Waals surface area contributed by atoms with Crippen LogP contribution in [0.3, 0.4) is 0 Å². The van der Waals surface area contributed by atoms with Gasteiger partial charge < -0.3 is 5.73 Å². The van der Waals surface area contributed by atoms with Crippen LogP contribution in [-0.4, -0.2) is 9.36 Å². The number of nitrogen functional groups attached to an aromatic ring is 1. The number of hydrogen-bond acceptors (Lipinski definition) is 4. The summed E-state index contributed by atoms with van der Waals surface area (Å²) in [5.74, 6) is 0.892. The highest BCUT2D eigenvalue weighted by Gasteiger charge is 2.25. The highest BCUT2D eigenvalue weighted by atomic mass is 32.1. The molecule has 0 radical (unpaired) electrons. The van der Waals surface area contributed by atoms with E-state index in [-0.39, 0.29) is 0 Å². The topological polar surface area (TPSA) is 51.8 Å². The summed E-state index contributed by atoms with van der Waals surface area (Å²) in [7, 11) is 0. The number of benzene rings is 1. The molecule has 0 atom stereocenters. The molecule has 0 unspecified atom stereocenters. The average Bonchev–Trinajstić information content (AvgIpc) is 2.82. The van der Waals surface area contributed by atoms with Gasteiger partial charge in [0.15, 0.2) is 0 Å². The monoisotopic (exact) mass is 217 g/mol. The zero-order valence-electron chi connectivity index (χ0n) is 8.18. The smallest absolute Gasteiger partial charge is 0.232 e. The number of nitrogens with zero attached hydrogens (tertiary/aromatic N) is 2. The second-order valence-corrected chi connectivity index (χ2v) is 4.65. The standard InChI is InChI=1S/C11H11N3S/c12-11-13-10(15-14-11)9-5-7-3-1-2-4-8(7)6-9/h1-4,9H,5-6H2,(H2,12,14). The van der Waals surface area contributed by atoms with E-state index in [4.69, 9.17) is 5.73 Å². The first kappa shape index (κ1) is 8.85. The van der Waals surface area contributed by atoms with E-state index in [1.807, 2.05) is 0 Å². The van der Waals surface area contributed by atoms with Crippen LogP contribution in [0.15, 0.2) is 24.3 Å². The normalized spacial score (nSPS) is 15.5. The molecule has 1 aromatic carbocycles. The van der Waals surface area contributed by atoms with Crippen LogP contribution >= 0.6 is 11.5 Å². The summed E-state index contributed by atoms with van der Waals surface area (Å²) < 4.78 is 4.03. The lowest BCUT2D eigenvalue weighted by Gasteiger charge is -2.01. The van der Waals surface area contributed by atoms with Crippen molar-refractivity contribution >= 4 is 17.5 Å². The van der Waals surface area contributed by atoms with Crippen molar-refractivity contribution in [2.75, 3.05) is 5.73 Å². The van der Waals surface area contributed by atoms with Gasteiger partial charge in [-0.05, 0) is 35.5 Å². The van der Waals surface area contributed by atoms with Gasteiger partial charge in [0.05, 0.1) is 0 Å². The largest absolute Gasteiger partial charge is 0.367 e. The minimum atomic E-state index is 0.408. The van der Waals surface area contributed by atoms with Crippen LogP contribution in [0.1, 0.15) is 22.1 Å². The molecule has 3 nitrogen and oxygen atoms in total. The van der Waals surface area contributed by atoms with Crippen molar-refractivity contribution in [3.05, 3.63) is 40.4 Å². The van der Waals surface area contributed by atoms with E-state index >= 15 is 0 Å². The van der Waals surface area contributed by atoms with Crippen molar-refractivity contribution in [3.63, 3.8) is 0 Å². The maximum atomic E-state index is 5.54. The van der Waals surface area contributed by atoms with E-state index in [2.05, 4.69) is 33.6 Å². The molecule has 2 aromatic rings. The quantitative estimate of drug-likeness (QED) is 0.795. The minimum absolute atomic E-state index is 0.408. The summed E-state index contributed by atoms with van der Waals surface area (Å²) in [5.41, 5.74) is 8.42. The van der Waals surface area contributed by atoms with Crippen LogP contribution in [-0.2, 0) is 12.8 Å². The Morgan fingerprint density at radius 2 is 1.87 bits per heavy atom. The van der Waals surface area contributed by atoms with Crippen molar-refractivity contribution in [2.24, 2.45) is 0 Å². The molecule has 0 amide bonds. The lowest BCUT2D eigenvalue weighted by molar-refractivity contribution is 0.735. The summed E-state index contributed by atoms with van der Waals surface area (Å²) in [4.78, 5) is 4.26. The van der Waals surface area contributed by atoms with Gasteiger partial charge in [-0.3, -0.25) is 0 Å². The molecule has 0 saturated carbocycles. The third-order valence-corrected chi connectivity index (χ3v) is 3.75. The highest BCUT2D eigenvalue weighted by molar-refractivity contribution is 7.05. The molecule has 76 valence electrons. The van der Waals surface area contributed by atoms with Gasteiger partial charge in [0.25, 0.3) is 0 Å². The fourth-order valence-electron chi connectivity index (χ4n) is 2.15. The first-order chi connectivity index (χ1) is 7.33. The SMILES string of the molecule is Nc1nsc(C2Cc3ccccc3C2)n1. The highest BCUT2D eigenvalue weighted by Crippen LogP contribution is 2.34. The fourth-order valence-corrected chi connectivity index (χ4v) is 2.82. The number of anilines is 1. The Labute approximate surface area is 92.1 Å². The third-order valence-electron chi connectivity index (χ3n) is 2.86. The van der Waals surface area contributed by atoms with E-state index in [0.717, 1.165) is 17.8 Å². The Morgan fingerprint density at radius 1 is 1.20 bits per heavy atom. The van der Waals surface area contributed by atoms with Crippen molar-refractivity contribution in [1.29, 1.82) is 0 Å². The molecule has 4 heteroatoms. The Balaban J connectivity index is 1.90. The van der Waals surface area contributed by atoms with Gasteiger partial charge in [0.1, 0.15) is 5.01 Å². The van der Waals surface area contributed by atoms with Gasteiger partial charge in [-0.25, -0.2) is 4.98 Å². The molecule has 0 fully saturated rings. The molecule has 0 bridgehead atoms. The molecular formula is C11H11N3S. The molecule has 1 aromatic heterocycles. The second-order valence-electron chi connectivity index (χ2n) is 3.86. The van der Waals surface area contributed by atoms with Crippen LogP contribution in [0.4, 0.5) is 5.95 Å².